The zero-order valence-electron chi connectivity index (χ0n) is 11.6. The lowest BCUT2D eigenvalue weighted by Gasteiger charge is -2.17. The number of nitrogens with zero attached hydrogens (tertiary/aromatic N) is 1. The molecule has 0 radical (unpaired) electrons. The van der Waals surface area contributed by atoms with Crippen molar-refractivity contribution in [3.8, 4) is 0 Å². The molecule has 0 bridgehead atoms. The van der Waals surface area contributed by atoms with Crippen LogP contribution in [0.2, 0.25) is 0 Å². The van der Waals surface area contributed by atoms with E-state index in [-0.39, 0.29) is 5.82 Å². The van der Waals surface area contributed by atoms with E-state index in [9.17, 15) is 4.39 Å². The molecule has 2 aromatic rings. The normalized spacial score (nSPS) is 12.3. The van der Waals surface area contributed by atoms with Gasteiger partial charge in [0.05, 0.1) is 0 Å². The average molecular weight is 290 g/mol. The Morgan fingerprint density at radius 1 is 1.30 bits per heavy atom. The summed E-state index contributed by atoms with van der Waals surface area (Å²) in [5.74, 6) is 0.730. The number of pyridine rings is 1. The summed E-state index contributed by atoms with van der Waals surface area (Å²) in [6.07, 6.45) is 4.62. The number of hydrogen-bond donors (Lipinski definition) is 1. The molecule has 0 fully saturated rings. The first kappa shape index (κ1) is 15.0. The predicted molar refractivity (Wildman–Crippen MR) is 82.5 cm³/mol. The molecule has 0 saturated carbocycles. The zero-order chi connectivity index (χ0) is 14.2. The van der Waals surface area contributed by atoms with Gasteiger partial charge in [-0.3, -0.25) is 4.98 Å². The fraction of sp³-hybridized carbons (Fsp3) is 0.312. The molecular weight excluding hydrogens is 271 g/mol. The Labute approximate surface area is 123 Å². The maximum atomic E-state index is 13.1. The van der Waals surface area contributed by atoms with E-state index in [1.807, 2.05) is 18.3 Å². The third-order valence-corrected chi connectivity index (χ3v) is 4.10. The summed E-state index contributed by atoms with van der Waals surface area (Å²) in [7, 11) is 0. The van der Waals surface area contributed by atoms with Crippen molar-refractivity contribution in [2.24, 2.45) is 0 Å². The van der Waals surface area contributed by atoms with Gasteiger partial charge in [0.25, 0.3) is 0 Å². The standard InChI is InChI=1S/C16H19FN2S/c1-2-19-15(9-13-5-4-8-18-11-13)12-20-16-7-3-6-14(17)10-16/h3-8,10-11,15,19H,2,9,12H2,1H3. The summed E-state index contributed by atoms with van der Waals surface area (Å²) in [5, 5.41) is 3.47. The minimum Gasteiger partial charge on any atom is -0.313 e. The van der Waals surface area contributed by atoms with Crippen molar-refractivity contribution in [3.63, 3.8) is 0 Å². The van der Waals surface area contributed by atoms with Crippen LogP contribution >= 0.6 is 11.8 Å². The van der Waals surface area contributed by atoms with Crippen LogP contribution in [0.15, 0.2) is 53.7 Å². The number of rotatable bonds is 7. The lowest BCUT2D eigenvalue weighted by molar-refractivity contribution is 0.572. The van der Waals surface area contributed by atoms with Crippen LogP contribution in [0.3, 0.4) is 0 Å². The molecular formula is C16H19FN2S. The molecule has 106 valence electrons. The molecule has 0 saturated heterocycles. The summed E-state index contributed by atoms with van der Waals surface area (Å²) in [6, 6.07) is 11.2. The van der Waals surface area contributed by atoms with Gasteiger partial charge in [0.15, 0.2) is 0 Å². The summed E-state index contributed by atoms with van der Waals surface area (Å²) in [6.45, 7) is 3.03. The van der Waals surface area contributed by atoms with Gasteiger partial charge in [-0.2, -0.15) is 0 Å². The van der Waals surface area contributed by atoms with Crippen molar-refractivity contribution in [2.75, 3.05) is 12.3 Å². The molecule has 2 rings (SSSR count). The van der Waals surface area contributed by atoms with E-state index >= 15 is 0 Å². The van der Waals surface area contributed by atoms with Gasteiger partial charge in [0.2, 0.25) is 0 Å². The second-order valence-corrected chi connectivity index (χ2v) is 5.68. The summed E-state index contributed by atoms with van der Waals surface area (Å²) >= 11 is 1.68. The van der Waals surface area contributed by atoms with Gasteiger partial charge < -0.3 is 5.32 Å². The molecule has 1 atom stereocenters. The topological polar surface area (TPSA) is 24.9 Å². The molecule has 0 aliphatic carbocycles. The van der Waals surface area contributed by atoms with E-state index < -0.39 is 0 Å². The Morgan fingerprint density at radius 2 is 2.20 bits per heavy atom. The summed E-state index contributed by atoms with van der Waals surface area (Å²) < 4.78 is 13.1. The van der Waals surface area contributed by atoms with E-state index in [0.717, 1.165) is 23.6 Å². The number of nitrogens with one attached hydrogen (secondary N) is 1. The van der Waals surface area contributed by atoms with Gasteiger partial charge in [0, 0.05) is 29.1 Å². The minimum absolute atomic E-state index is 0.178. The molecule has 0 spiro atoms. The van der Waals surface area contributed by atoms with Crippen molar-refractivity contribution in [2.45, 2.75) is 24.3 Å². The second kappa shape index (κ2) is 8.02. The van der Waals surface area contributed by atoms with Gasteiger partial charge in [-0.15, -0.1) is 11.8 Å². The van der Waals surface area contributed by atoms with Crippen LogP contribution in [-0.2, 0) is 6.42 Å². The molecule has 1 aromatic carbocycles. The second-order valence-electron chi connectivity index (χ2n) is 4.59. The highest BCUT2D eigenvalue weighted by Gasteiger charge is 2.09. The third kappa shape index (κ3) is 4.94. The Morgan fingerprint density at radius 3 is 2.90 bits per heavy atom. The van der Waals surface area contributed by atoms with E-state index in [4.69, 9.17) is 0 Å². The van der Waals surface area contributed by atoms with Crippen LogP contribution < -0.4 is 5.32 Å². The third-order valence-electron chi connectivity index (χ3n) is 2.94. The van der Waals surface area contributed by atoms with Crippen molar-refractivity contribution in [3.05, 3.63) is 60.2 Å². The molecule has 20 heavy (non-hydrogen) atoms. The number of thioether (sulfide) groups is 1. The maximum Gasteiger partial charge on any atom is 0.124 e. The van der Waals surface area contributed by atoms with Gasteiger partial charge in [0.1, 0.15) is 5.82 Å². The Balaban J connectivity index is 1.92. The fourth-order valence-corrected chi connectivity index (χ4v) is 3.04. The molecule has 1 N–H and O–H groups in total. The van der Waals surface area contributed by atoms with Crippen LogP contribution in [0.5, 0.6) is 0 Å². The molecule has 0 aliphatic rings. The molecule has 1 heterocycles. The van der Waals surface area contributed by atoms with Crippen LogP contribution in [0, 0.1) is 5.82 Å². The fourth-order valence-electron chi connectivity index (χ4n) is 2.04. The number of benzene rings is 1. The quantitative estimate of drug-likeness (QED) is 0.790. The highest BCUT2D eigenvalue weighted by Crippen LogP contribution is 2.20. The Hall–Kier alpha value is -1.39. The highest BCUT2D eigenvalue weighted by molar-refractivity contribution is 7.99. The van der Waals surface area contributed by atoms with E-state index in [0.29, 0.717) is 6.04 Å². The molecule has 0 aliphatic heterocycles. The first-order valence-electron chi connectivity index (χ1n) is 6.78. The maximum absolute atomic E-state index is 13.1. The lowest BCUT2D eigenvalue weighted by atomic mass is 10.1. The molecule has 1 aromatic heterocycles. The zero-order valence-corrected chi connectivity index (χ0v) is 12.4. The van der Waals surface area contributed by atoms with Gasteiger partial charge in [-0.1, -0.05) is 19.1 Å². The van der Waals surface area contributed by atoms with Gasteiger partial charge >= 0.3 is 0 Å². The number of aromatic nitrogens is 1. The van der Waals surface area contributed by atoms with Crippen molar-refractivity contribution < 1.29 is 4.39 Å². The smallest absolute Gasteiger partial charge is 0.124 e. The van der Waals surface area contributed by atoms with E-state index in [1.165, 1.54) is 11.6 Å². The van der Waals surface area contributed by atoms with Crippen molar-refractivity contribution in [1.82, 2.24) is 10.3 Å². The van der Waals surface area contributed by atoms with Crippen LogP contribution in [0.1, 0.15) is 12.5 Å². The first-order chi connectivity index (χ1) is 9.78. The molecule has 2 nitrogen and oxygen atoms in total. The summed E-state index contributed by atoms with van der Waals surface area (Å²) in [5.41, 5.74) is 1.22. The van der Waals surface area contributed by atoms with Crippen LogP contribution in [0.25, 0.3) is 0 Å². The molecule has 4 heteroatoms. The largest absolute Gasteiger partial charge is 0.313 e. The van der Waals surface area contributed by atoms with Gasteiger partial charge in [-0.25, -0.2) is 4.39 Å². The number of likely N-dealkylation sites (N-methyl/N-ethyl adjacent to an activating group) is 1. The van der Waals surface area contributed by atoms with Crippen LogP contribution in [-0.4, -0.2) is 23.3 Å². The monoisotopic (exact) mass is 290 g/mol. The van der Waals surface area contributed by atoms with Gasteiger partial charge in [-0.05, 0) is 42.8 Å². The molecule has 1 unspecified atom stereocenters. The Kier molecular flexibility index (Phi) is 6.02. The van der Waals surface area contributed by atoms with E-state index in [1.54, 1.807) is 30.1 Å². The van der Waals surface area contributed by atoms with Crippen LogP contribution in [0.4, 0.5) is 4.39 Å². The Bertz CT molecular complexity index is 519. The molecule has 0 amide bonds. The number of hydrogen-bond acceptors (Lipinski definition) is 3. The minimum atomic E-state index is -0.178. The van der Waals surface area contributed by atoms with E-state index in [2.05, 4.69) is 23.3 Å². The first-order valence-corrected chi connectivity index (χ1v) is 7.77. The summed E-state index contributed by atoms with van der Waals surface area (Å²) in [4.78, 5) is 5.11. The lowest BCUT2D eigenvalue weighted by Crippen LogP contribution is -2.33. The highest BCUT2D eigenvalue weighted by atomic mass is 32.2. The predicted octanol–water partition coefficient (Wildman–Crippen LogP) is 3.53. The van der Waals surface area contributed by atoms with Crippen molar-refractivity contribution >= 4 is 11.8 Å². The van der Waals surface area contributed by atoms with Crippen molar-refractivity contribution in [1.29, 1.82) is 0 Å². The number of halogens is 1. The average Bonchev–Trinajstić information content (AvgIpc) is 2.46. The SMILES string of the molecule is CCNC(CSc1cccc(F)c1)Cc1cccnc1.